The Bertz CT molecular complexity index is 879. The van der Waals surface area contributed by atoms with Crippen molar-refractivity contribution >= 4 is 21.5 Å². The van der Waals surface area contributed by atoms with Crippen LogP contribution in [-0.4, -0.2) is 26.4 Å². The zero-order valence-electron chi connectivity index (χ0n) is 12.9. The van der Waals surface area contributed by atoms with Crippen molar-refractivity contribution in [2.75, 3.05) is 6.26 Å². The molecule has 1 amide bonds. The molecule has 0 aliphatic heterocycles. The first kappa shape index (κ1) is 17.8. The van der Waals surface area contributed by atoms with Crippen LogP contribution in [-0.2, 0) is 14.6 Å². The highest BCUT2D eigenvalue weighted by molar-refractivity contribution is 7.90. The van der Waals surface area contributed by atoms with E-state index in [1.54, 1.807) is 30.3 Å². The Morgan fingerprint density at radius 2 is 1.75 bits per heavy atom. The minimum atomic E-state index is -3.57. The monoisotopic (exact) mass is 349 g/mol. The maximum atomic E-state index is 14.1. The number of carbonyl (C=O) groups excluding carboxylic acids is 2. The summed E-state index contributed by atoms with van der Waals surface area (Å²) < 4.78 is 36.9. The molecule has 0 bridgehead atoms. The summed E-state index contributed by atoms with van der Waals surface area (Å²) in [6.07, 6.45) is 0.649. The van der Waals surface area contributed by atoms with Crippen molar-refractivity contribution < 1.29 is 22.4 Å². The molecule has 24 heavy (non-hydrogen) atoms. The summed E-state index contributed by atoms with van der Waals surface area (Å²) in [4.78, 5) is 23.7. The lowest BCUT2D eigenvalue weighted by atomic mass is 9.91. The number of rotatable bonds is 6. The molecule has 1 unspecified atom stereocenters. The average molecular weight is 349 g/mol. The zero-order chi connectivity index (χ0) is 17.9. The third-order valence-electron chi connectivity index (χ3n) is 3.60. The largest absolute Gasteiger partial charge is 0.369 e. The van der Waals surface area contributed by atoms with Gasteiger partial charge in [-0.3, -0.25) is 9.59 Å². The molecule has 2 rings (SSSR count). The van der Waals surface area contributed by atoms with E-state index in [9.17, 15) is 22.4 Å². The van der Waals surface area contributed by atoms with Crippen molar-refractivity contribution in [1.29, 1.82) is 0 Å². The third-order valence-corrected chi connectivity index (χ3v) is 4.71. The number of amides is 1. The van der Waals surface area contributed by atoms with Crippen LogP contribution in [0.25, 0.3) is 0 Å². The molecule has 126 valence electrons. The highest BCUT2D eigenvalue weighted by atomic mass is 32.2. The number of Topliss-reactive ketones (excluding diaryl/α,β-unsaturated/α-hetero) is 1. The van der Waals surface area contributed by atoms with E-state index >= 15 is 0 Å². The fourth-order valence-electron chi connectivity index (χ4n) is 2.32. The lowest BCUT2D eigenvalue weighted by Crippen LogP contribution is -2.24. The van der Waals surface area contributed by atoms with Gasteiger partial charge >= 0.3 is 0 Å². The van der Waals surface area contributed by atoms with E-state index in [4.69, 9.17) is 5.73 Å². The van der Waals surface area contributed by atoms with Crippen LogP contribution < -0.4 is 5.73 Å². The number of hydrogen-bond acceptors (Lipinski definition) is 4. The van der Waals surface area contributed by atoms with Gasteiger partial charge in [-0.15, -0.1) is 0 Å². The lowest BCUT2D eigenvalue weighted by Gasteiger charge is -2.13. The van der Waals surface area contributed by atoms with Crippen LogP contribution >= 0.6 is 0 Å². The maximum Gasteiger partial charge on any atom is 0.225 e. The minimum Gasteiger partial charge on any atom is -0.369 e. The Labute approximate surface area is 139 Å². The van der Waals surface area contributed by atoms with Gasteiger partial charge in [0, 0.05) is 12.7 Å². The SMILES string of the molecule is CS(=O)(=O)c1ccc(C(=O)CC(C(N)=O)c2ccccc2)c(F)c1. The topological polar surface area (TPSA) is 94.3 Å². The highest BCUT2D eigenvalue weighted by Gasteiger charge is 2.24. The second kappa shape index (κ2) is 6.92. The Morgan fingerprint density at radius 3 is 2.25 bits per heavy atom. The van der Waals surface area contributed by atoms with Crippen molar-refractivity contribution in [2.24, 2.45) is 5.73 Å². The molecule has 0 saturated carbocycles. The highest BCUT2D eigenvalue weighted by Crippen LogP contribution is 2.23. The Hall–Kier alpha value is -2.54. The van der Waals surface area contributed by atoms with Gasteiger partial charge in [0.05, 0.1) is 16.4 Å². The zero-order valence-corrected chi connectivity index (χ0v) is 13.7. The van der Waals surface area contributed by atoms with Crippen molar-refractivity contribution in [2.45, 2.75) is 17.2 Å². The van der Waals surface area contributed by atoms with E-state index in [0.717, 1.165) is 24.5 Å². The second-order valence-electron chi connectivity index (χ2n) is 5.41. The normalized spacial score (nSPS) is 12.6. The molecule has 0 aromatic heterocycles. The summed E-state index contributed by atoms with van der Waals surface area (Å²) in [6, 6.07) is 11.5. The van der Waals surface area contributed by atoms with Crippen LogP contribution in [0.4, 0.5) is 4.39 Å². The van der Waals surface area contributed by atoms with Crippen LogP contribution in [0.5, 0.6) is 0 Å². The quantitative estimate of drug-likeness (QED) is 0.808. The fraction of sp³-hybridized carbons (Fsp3) is 0.176. The van der Waals surface area contributed by atoms with Crippen LogP contribution in [0.2, 0.25) is 0 Å². The molecule has 0 aliphatic carbocycles. The van der Waals surface area contributed by atoms with Gasteiger partial charge in [0.25, 0.3) is 0 Å². The molecule has 0 aliphatic rings. The number of benzene rings is 2. The predicted octanol–water partition coefficient (Wildman–Crippen LogP) is 2.07. The molecular formula is C17H16FNO4S. The molecule has 0 heterocycles. The molecule has 7 heteroatoms. The van der Waals surface area contributed by atoms with Gasteiger partial charge in [-0.2, -0.15) is 0 Å². The molecule has 2 N–H and O–H groups in total. The van der Waals surface area contributed by atoms with Crippen molar-refractivity contribution in [3.63, 3.8) is 0 Å². The molecule has 0 radical (unpaired) electrons. The number of nitrogens with two attached hydrogens (primary N) is 1. The number of carbonyl (C=O) groups is 2. The first-order chi connectivity index (χ1) is 11.2. The second-order valence-corrected chi connectivity index (χ2v) is 7.42. The Kier molecular flexibility index (Phi) is 5.14. The summed E-state index contributed by atoms with van der Waals surface area (Å²) >= 11 is 0. The molecule has 0 fully saturated rings. The minimum absolute atomic E-state index is 0.217. The standard InChI is InChI=1S/C17H16FNO4S/c1-24(22,23)12-7-8-13(15(18)9-12)16(20)10-14(17(19)21)11-5-3-2-4-6-11/h2-9,14H,10H2,1H3,(H2,19,21). The van der Waals surface area contributed by atoms with Crippen molar-refractivity contribution in [1.82, 2.24) is 0 Å². The van der Waals surface area contributed by atoms with Crippen LogP contribution in [0, 0.1) is 5.82 Å². The predicted molar refractivity (Wildman–Crippen MR) is 86.8 cm³/mol. The smallest absolute Gasteiger partial charge is 0.225 e. The fourth-order valence-corrected chi connectivity index (χ4v) is 2.95. The van der Waals surface area contributed by atoms with Gasteiger partial charge in [0.15, 0.2) is 15.6 Å². The van der Waals surface area contributed by atoms with Gasteiger partial charge in [-0.25, -0.2) is 12.8 Å². The third kappa shape index (κ3) is 4.05. The van der Waals surface area contributed by atoms with Crippen molar-refractivity contribution in [3.8, 4) is 0 Å². The molecule has 2 aromatic rings. The molecule has 1 atom stereocenters. The van der Waals surface area contributed by atoms with Crippen molar-refractivity contribution in [3.05, 3.63) is 65.5 Å². The van der Waals surface area contributed by atoms with Gasteiger partial charge in [0.2, 0.25) is 5.91 Å². The number of halogens is 1. The summed E-state index contributed by atoms with van der Waals surface area (Å²) in [5, 5.41) is 0. The van der Waals surface area contributed by atoms with Gasteiger partial charge < -0.3 is 5.73 Å². The number of ketones is 1. The van der Waals surface area contributed by atoms with E-state index in [0.29, 0.717) is 5.56 Å². The Balaban J connectivity index is 2.30. The Morgan fingerprint density at radius 1 is 1.12 bits per heavy atom. The maximum absolute atomic E-state index is 14.1. The molecule has 0 saturated heterocycles. The first-order valence-electron chi connectivity index (χ1n) is 7.07. The molecule has 5 nitrogen and oxygen atoms in total. The van der Waals surface area contributed by atoms with E-state index in [-0.39, 0.29) is 16.9 Å². The molecule has 2 aromatic carbocycles. The number of sulfone groups is 1. The summed E-state index contributed by atoms with van der Waals surface area (Å²) in [7, 11) is -3.57. The number of primary amides is 1. The average Bonchev–Trinajstić information content (AvgIpc) is 2.52. The number of hydrogen-bond donors (Lipinski definition) is 1. The van der Waals surface area contributed by atoms with E-state index in [1.807, 2.05) is 0 Å². The summed E-state index contributed by atoms with van der Waals surface area (Å²) in [6.45, 7) is 0. The molecular weight excluding hydrogens is 333 g/mol. The van der Waals surface area contributed by atoms with Crippen LogP contribution in [0.1, 0.15) is 28.3 Å². The van der Waals surface area contributed by atoms with Crippen LogP contribution in [0.15, 0.2) is 53.4 Å². The van der Waals surface area contributed by atoms with E-state index in [1.165, 1.54) is 0 Å². The van der Waals surface area contributed by atoms with Gasteiger partial charge in [-0.05, 0) is 23.8 Å². The first-order valence-corrected chi connectivity index (χ1v) is 8.96. The molecule has 0 spiro atoms. The van der Waals surface area contributed by atoms with Gasteiger partial charge in [0.1, 0.15) is 5.82 Å². The van der Waals surface area contributed by atoms with Gasteiger partial charge in [-0.1, -0.05) is 30.3 Å². The van der Waals surface area contributed by atoms with E-state index in [2.05, 4.69) is 0 Å². The van der Waals surface area contributed by atoms with Crippen LogP contribution in [0.3, 0.4) is 0 Å². The summed E-state index contributed by atoms with van der Waals surface area (Å²) in [5.74, 6) is -3.14. The van der Waals surface area contributed by atoms with E-state index < -0.39 is 33.3 Å². The lowest BCUT2D eigenvalue weighted by molar-refractivity contribution is -0.119. The summed E-state index contributed by atoms with van der Waals surface area (Å²) in [5.41, 5.74) is 5.64.